The second kappa shape index (κ2) is 5.44. The summed E-state index contributed by atoms with van der Waals surface area (Å²) in [5, 5.41) is 9.99. The molecule has 6 heteroatoms. The van der Waals surface area contributed by atoms with Gasteiger partial charge in [-0.3, -0.25) is 4.79 Å². The summed E-state index contributed by atoms with van der Waals surface area (Å²) in [7, 11) is 0. The minimum Gasteiger partial charge on any atom is -0.475 e. The second-order valence-electron chi connectivity index (χ2n) is 5.57. The van der Waals surface area contributed by atoms with E-state index < -0.39 is 11.8 Å². The molecule has 116 valence electrons. The third-order valence-corrected chi connectivity index (χ3v) is 4.23. The van der Waals surface area contributed by atoms with Gasteiger partial charge >= 0.3 is 5.97 Å². The number of benzene rings is 1. The van der Waals surface area contributed by atoms with Crippen molar-refractivity contribution in [2.45, 2.75) is 25.7 Å². The van der Waals surface area contributed by atoms with Crippen LogP contribution in [0.4, 0.5) is 4.39 Å². The normalized spacial score (nSPS) is 16.2. The Morgan fingerprint density at radius 2 is 2.00 bits per heavy atom. The van der Waals surface area contributed by atoms with Gasteiger partial charge < -0.3 is 14.4 Å². The number of carboxylic acids is 1. The Morgan fingerprint density at radius 1 is 1.32 bits per heavy atom. The van der Waals surface area contributed by atoms with Crippen LogP contribution in [0.15, 0.2) is 22.6 Å². The average Bonchev–Trinajstić information content (AvgIpc) is 2.86. The van der Waals surface area contributed by atoms with Gasteiger partial charge in [0.1, 0.15) is 11.4 Å². The molecule has 1 aromatic heterocycles. The van der Waals surface area contributed by atoms with Crippen LogP contribution in [0.1, 0.15) is 41.8 Å². The molecule has 1 saturated heterocycles. The molecule has 0 bridgehead atoms. The lowest BCUT2D eigenvalue weighted by Gasteiger charge is -2.31. The molecule has 22 heavy (non-hydrogen) atoms. The molecule has 0 unspecified atom stereocenters. The summed E-state index contributed by atoms with van der Waals surface area (Å²) in [5.74, 6) is -1.72. The zero-order chi connectivity index (χ0) is 15.9. The highest BCUT2D eigenvalue weighted by Crippen LogP contribution is 2.37. The topological polar surface area (TPSA) is 70.8 Å². The van der Waals surface area contributed by atoms with E-state index in [9.17, 15) is 19.1 Å². The quantitative estimate of drug-likeness (QED) is 0.926. The summed E-state index contributed by atoms with van der Waals surface area (Å²) in [5.41, 5.74) is 0.868. The number of hydrogen-bond donors (Lipinski definition) is 1. The molecule has 1 aromatic carbocycles. The Morgan fingerprint density at radius 3 is 2.59 bits per heavy atom. The van der Waals surface area contributed by atoms with Crippen molar-refractivity contribution in [2.24, 2.45) is 0 Å². The Balaban J connectivity index is 2.01. The highest BCUT2D eigenvalue weighted by atomic mass is 19.1. The molecule has 1 amide bonds. The Kier molecular flexibility index (Phi) is 3.60. The van der Waals surface area contributed by atoms with Gasteiger partial charge in [0.25, 0.3) is 0 Å². The molecule has 2 aromatic rings. The Bertz CT molecular complexity index is 744. The zero-order valence-electron chi connectivity index (χ0n) is 12.1. The number of carbonyl (C=O) groups excluding carboxylic acids is 1. The molecule has 0 saturated carbocycles. The fraction of sp³-hybridized carbons (Fsp3) is 0.375. The average molecular weight is 305 g/mol. The molecule has 0 atom stereocenters. The number of hydrogen-bond acceptors (Lipinski definition) is 3. The van der Waals surface area contributed by atoms with E-state index in [2.05, 4.69) is 0 Å². The molecule has 5 nitrogen and oxygen atoms in total. The number of aromatic carboxylic acids is 1. The maximum absolute atomic E-state index is 13.3. The number of carbonyl (C=O) groups is 2. The Labute approximate surface area is 126 Å². The SMILES string of the molecule is CC(=O)N1CCC(c2c(C(=O)O)oc3cc(F)ccc23)CC1. The van der Waals surface area contributed by atoms with Crippen molar-refractivity contribution in [3.05, 3.63) is 35.3 Å². The summed E-state index contributed by atoms with van der Waals surface area (Å²) in [4.78, 5) is 24.6. The van der Waals surface area contributed by atoms with Gasteiger partial charge in [-0.05, 0) is 30.9 Å². The maximum Gasteiger partial charge on any atom is 0.372 e. The van der Waals surface area contributed by atoms with Gasteiger partial charge in [0.15, 0.2) is 0 Å². The van der Waals surface area contributed by atoms with Crippen molar-refractivity contribution in [3.8, 4) is 0 Å². The first kappa shape index (κ1) is 14.6. The molecule has 0 spiro atoms. The van der Waals surface area contributed by atoms with E-state index in [1.165, 1.54) is 19.1 Å². The minimum absolute atomic E-state index is 0.00610. The Hall–Kier alpha value is -2.37. The molecule has 0 aliphatic carbocycles. The van der Waals surface area contributed by atoms with Crippen LogP contribution in [0.3, 0.4) is 0 Å². The van der Waals surface area contributed by atoms with Crippen LogP contribution >= 0.6 is 0 Å². The first-order valence-corrected chi connectivity index (χ1v) is 7.18. The third kappa shape index (κ3) is 2.45. The molecular formula is C16H16FNO4. The summed E-state index contributed by atoms with van der Waals surface area (Å²) in [6.45, 7) is 2.71. The first-order valence-electron chi connectivity index (χ1n) is 7.18. The molecule has 1 N–H and O–H groups in total. The molecule has 1 aliphatic heterocycles. The molecule has 0 radical (unpaired) electrons. The first-order chi connectivity index (χ1) is 10.5. The lowest BCUT2D eigenvalue weighted by atomic mass is 9.87. The van der Waals surface area contributed by atoms with Gasteiger partial charge in [-0.15, -0.1) is 0 Å². The fourth-order valence-electron chi connectivity index (χ4n) is 3.14. The van der Waals surface area contributed by atoms with Gasteiger partial charge in [0, 0.05) is 37.0 Å². The number of fused-ring (bicyclic) bond motifs is 1. The van der Waals surface area contributed by atoms with Crippen molar-refractivity contribution in [1.29, 1.82) is 0 Å². The van der Waals surface area contributed by atoms with Gasteiger partial charge in [-0.25, -0.2) is 9.18 Å². The number of carboxylic acid groups (broad SMARTS) is 1. The molecule has 1 aliphatic rings. The van der Waals surface area contributed by atoms with Crippen LogP contribution in [0.25, 0.3) is 11.0 Å². The largest absolute Gasteiger partial charge is 0.475 e. The van der Waals surface area contributed by atoms with E-state index in [1.807, 2.05) is 0 Å². The predicted molar refractivity (Wildman–Crippen MR) is 77.4 cm³/mol. The van der Waals surface area contributed by atoms with Gasteiger partial charge in [-0.1, -0.05) is 0 Å². The smallest absolute Gasteiger partial charge is 0.372 e. The van der Waals surface area contributed by atoms with Crippen LogP contribution in [-0.4, -0.2) is 35.0 Å². The second-order valence-corrected chi connectivity index (χ2v) is 5.57. The van der Waals surface area contributed by atoms with E-state index in [0.717, 1.165) is 0 Å². The zero-order valence-corrected chi connectivity index (χ0v) is 12.1. The highest BCUT2D eigenvalue weighted by molar-refractivity contribution is 5.95. The predicted octanol–water partition coefficient (Wildman–Crippen LogP) is 3.00. The van der Waals surface area contributed by atoms with Crippen molar-refractivity contribution in [3.63, 3.8) is 0 Å². The van der Waals surface area contributed by atoms with E-state index in [4.69, 9.17) is 4.42 Å². The molecular weight excluding hydrogens is 289 g/mol. The van der Waals surface area contributed by atoms with E-state index in [0.29, 0.717) is 36.9 Å². The molecule has 3 rings (SSSR count). The standard InChI is InChI=1S/C16H16FNO4/c1-9(19)18-6-4-10(5-7-18)14-12-3-2-11(17)8-13(12)22-15(14)16(20)21/h2-3,8,10H,4-7H2,1H3,(H,20,21). The van der Waals surface area contributed by atoms with Crippen LogP contribution in [0.2, 0.25) is 0 Å². The van der Waals surface area contributed by atoms with Crippen molar-refractivity contribution < 1.29 is 23.5 Å². The number of likely N-dealkylation sites (tertiary alicyclic amines) is 1. The third-order valence-electron chi connectivity index (χ3n) is 4.23. The molecule has 1 fully saturated rings. The fourth-order valence-corrected chi connectivity index (χ4v) is 3.14. The van der Waals surface area contributed by atoms with E-state index in [1.54, 1.807) is 11.0 Å². The summed E-state index contributed by atoms with van der Waals surface area (Å²) >= 11 is 0. The number of halogens is 1. The summed E-state index contributed by atoms with van der Waals surface area (Å²) in [6.07, 6.45) is 1.34. The van der Waals surface area contributed by atoms with E-state index in [-0.39, 0.29) is 23.2 Å². The minimum atomic E-state index is -1.15. The number of furan rings is 1. The van der Waals surface area contributed by atoms with Crippen LogP contribution < -0.4 is 0 Å². The number of piperidine rings is 1. The monoisotopic (exact) mass is 305 g/mol. The molecule has 2 heterocycles. The highest BCUT2D eigenvalue weighted by Gasteiger charge is 2.30. The summed E-state index contributed by atoms with van der Waals surface area (Å²) < 4.78 is 18.7. The number of amides is 1. The van der Waals surface area contributed by atoms with E-state index >= 15 is 0 Å². The van der Waals surface area contributed by atoms with Crippen molar-refractivity contribution in [1.82, 2.24) is 4.90 Å². The maximum atomic E-state index is 13.3. The van der Waals surface area contributed by atoms with Crippen LogP contribution in [-0.2, 0) is 4.79 Å². The van der Waals surface area contributed by atoms with Crippen molar-refractivity contribution >= 4 is 22.8 Å². The lowest BCUT2D eigenvalue weighted by molar-refractivity contribution is -0.129. The van der Waals surface area contributed by atoms with Crippen LogP contribution in [0, 0.1) is 5.82 Å². The van der Waals surface area contributed by atoms with Gasteiger partial charge in [-0.2, -0.15) is 0 Å². The lowest BCUT2D eigenvalue weighted by Crippen LogP contribution is -2.36. The van der Waals surface area contributed by atoms with Crippen LogP contribution in [0.5, 0.6) is 0 Å². The van der Waals surface area contributed by atoms with Gasteiger partial charge in [0.05, 0.1) is 0 Å². The number of rotatable bonds is 2. The van der Waals surface area contributed by atoms with Gasteiger partial charge in [0.2, 0.25) is 11.7 Å². The van der Waals surface area contributed by atoms with Crippen molar-refractivity contribution in [2.75, 3.05) is 13.1 Å². The number of nitrogens with zero attached hydrogens (tertiary/aromatic N) is 1. The summed E-state index contributed by atoms with van der Waals surface area (Å²) in [6, 6.07) is 4.07.